The van der Waals surface area contributed by atoms with E-state index >= 15 is 0 Å². The van der Waals surface area contributed by atoms with E-state index in [0.29, 0.717) is 11.1 Å². The van der Waals surface area contributed by atoms with Crippen LogP contribution in [0.4, 0.5) is 23.7 Å². The number of aliphatic hydroxyl groups is 1. The van der Waals surface area contributed by atoms with Gasteiger partial charge in [-0.1, -0.05) is 81.7 Å². The van der Waals surface area contributed by atoms with Crippen LogP contribution in [0.2, 0.25) is 0 Å². The quantitative estimate of drug-likeness (QED) is 0.254. The van der Waals surface area contributed by atoms with Gasteiger partial charge in [0.1, 0.15) is 11.8 Å². The lowest BCUT2D eigenvalue weighted by molar-refractivity contribution is -0.137. The van der Waals surface area contributed by atoms with Crippen molar-refractivity contribution in [2.24, 2.45) is 5.16 Å². The van der Waals surface area contributed by atoms with Crippen LogP contribution in [0.3, 0.4) is 0 Å². The van der Waals surface area contributed by atoms with Gasteiger partial charge in [-0.2, -0.15) is 13.2 Å². The normalized spacial score (nSPS) is 12.9. The molecule has 9 heteroatoms. The summed E-state index contributed by atoms with van der Waals surface area (Å²) in [5.74, 6) is 0. The molecule has 0 heterocycles. The first kappa shape index (κ1) is 22.5. The lowest BCUT2D eigenvalue weighted by atomic mass is 9.99. The van der Waals surface area contributed by atoms with Gasteiger partial charge < -0.3 is 5.11 Å². The SMILES string of the molecule is O=C(Nc1ccc(Br)cc1C(F)(F)F)O/N=C(\c1ccccc1)C(O)c1ccccc1. The molecule has 3 rings (SSSR count). The number of carbonyl (C=O) groups excluding carboxylic acids is 1. The minimum atomic E-state index is -4.69. The van der Waals surface area contributed by atoms with Gasteiger partial charge in [0.25, 0.3) is 0 Å². The largest absolute Gasteiger partial charge is 0.437 e. The molecular formula is C22H16BrF3N2O3. The highest BCUT2D eigenvalue weighted by Crippen LogP contribution is 2.36. The maximum absolute atomic E-state index is 13.2. The van der Waals surface area contributed by atoms with Gasteiger partial charge >= 0.3 is 12.3 Å². The Kier molecular flexibility index (Phi) is 7.09. The Morgan fingerprint density at radius 2 is 1.61 bits per heavy atom. The molecule has 0 aliphatic heterocycles. The van der Waals surface area contributed by atoms with Crippen LogP contribution >= 0.6 is 15.9 Å². The van der Waals surface area contributed by atoms with Crippen LogP contribution in [0.15, 0.2) is 88.5 Å². The molecule has 0 aliphatic rings. The van der Waals surface area contributed by atoms with E-state index in [0.717, 1.165) is 12.1 Å². The minimum absolute atomic E-state index is 0.0220. The number of hydrogen-bond donors (Lipinski definition) is 2. The van der Waals surface area contributed by atoms with Crippen LogP contribution in [0.1, 0.15) is 22.8 Å². The molecule has 0 spiro atoms. The maximum atomic E-state index is 13.2. The fourth-order valence-electron chi connectivity index (χ4n) is 2.75. The van der Waals surface area contributed by atoms with Gasteiger partial charge in [0.2, 0.25) is 0 Å². The molecule has 0 radical (unpaired) electrons. The fraction of sp³-hybridized carbons (Fsp3) is 0.0909. The molecule has 2 N–H and O–H groups in total. The number of anilines is 1. The molecule has 1 amide bonds. The smallest absolute Gasteiger partial charge is 0.382 e. The van der Waals surface area contributed by atoms with E-state index in [1.165, 1.54) is 6.07 Å². The summed E-state index contributed by atoms with van der Waals surface area (Å²) in [7, 11) is 0. The highest BCUT2D eigenvalue weighted by molar-refractivity contribution is 9.10. The standard InChI is InChI=1S/C22H16BrF3N2O3/c23-16-11-12-18(17(13-16)22(24,25)26)27-21(30)31-28-19(14-7-3-1-4-8-14)20(29)15-9-5-2-6-10-15/h1-13,20,29H,(H,27,30)/b28-19+. The molecule has 1 unspecified atom stereocenters. The molecule has 0 fully saturated rings. The number of hydrogen-bond acceptors (Lipinski definition) is 4. The number of rotatable bonds is 5. The molecule has 160 valence electrons. The number of aliphatic hydroxyl groups excluding tert-OH is 1. The zero-order valence-corrected chi connectivity index (χ0v) is 17.4. The predicted octanol–water partition coefficient (Wildman–Crippen LogP) is 6.15. The Morgan fingerprint density at radius 1 is 1.00 bits per heavy atom. The number of benzene rings is 3. The molecule has 3 aromatic rings. The van der Waals surface area contributed by atoms with E-state index < -0.39 is 29.6 Å². The van der Waals surface area contributed by atoms with Crippen LogP contribution in [0, 0.1) is 0 Å². The van der Waals surface area contributed by atoms with Gasteiger partial charge in [-0.15, -0.1) is 0 Å². The van der Waals surface area contributed by atoms with Gasteiger partial charge in [-0.05, 0) is 23.8 Å². The molecule has 31 heavy (non-hydrogen) atoms. The average molecular weight is 493 g/mol. The number of oxime groups is 1. The zero-order valence-electron chi connectivity index (χ0n) is 15.8. The van der Waals surface area contributed by atoms with Crippen LogP contribution in [0.5, 0.6) is 0 Å². The minimum Gasteiger partial charge on any atom is -0.382 e. The van der Waals surface area contributed by atoms with Crippen LogP contribution < -0.4 is 5.32 Å². The van der Waals surface area contributed by atoms with Crippen molar-refractivity contribution in [1.29, 1.82) is 0 Å². The number of alkyl halides is 3. The fourth-order valence-corrected chi connectivity index (χ4v) is 3.11. The Morgan fingerprint density at radius 3 is 2.23 bits per heavy atom. The Hall–Kier alpha value is -3.17. The topological polar surface area (TPSA) is 70.9 Å². The molecule has 0 aliphatic carbocycles. The Labute approximate surface area is 184 Å². The van der Waals surface area contributed by atoms with E-state index in [9.17, 15) is 23.1 Å². The summed E-state index contributed by atoms with van der Waals surface area (Å²) in [6.07, 6.45) is -7.15. The molecule has 1 atom stereocenters. The lowest BCUT2D eigenvalue weighted by Crippen LogP contribution is -2.19. The first-order valence-corrected chi connectivity index (χ1v) is 9.76. The van der Waals surface area contributed by atoms with Crippen molar-refractivity contribution in [3.8, 4) is 0 Å². The van der Waals surface area contributed by atoms with Crippen molar-refractivity contribution in [3.05, 3.63) is 100 Å². The second kappa shape index (κ2) is 9.76. The van der Waals surface area contributed by atoms with Gasteiger partial charge in [-0.3, -0.25) is 10.2 Å². The summed E-state index contributed by atoms with van der Waals surface area (Å²) < 4.78 is 39.9. The molecule has 5 nitrogen and oxygen atoms in total. The first-order chi connectivity index (χ1) is 14.8. The van der Waals surface area contributed by atoms with Gasteiger partial charge in [-0.25, -0.2) is 4.79 Å². The number of nitrogens with one attached hydrogen (secondary N) is 1. The molecule has 0 saturated carbocycles. The highest BCUT2D eigenvalue weighted by Gasteiger charge is 2.34. The van der Waals surface area contributed by atoms with Crippen molar-refractivity contribution in [2.45, 2.75) is 12.3 Å². The van der Waals surface area contributed by atoms with Crippen LogP contribution in [-0.4, -0.2) is 16.9 Å². The molecule has 0 saturated heterocycles. The second-order valence-electron chi connectivity index (χ2n) is 6.35. The summed E-state index contributed by atoms with van der Waals surface area (Å²) in [4.78, 5) is 17.0. The zero-order chi connectivity index (χ0) is 22.4. The second-order valence-corrected chi connectivity index (χ2v) is 7.26. The summed E-state index contributed by atoms with van der Waals surface area (Å²) in [6.45, 7) is 0. The lowest BCUT2D eigenvalue weighted by Gasteiger charge is -2.15. The van der Waals surface area contributed by atoms with Crippen molar-refractivity contribution in [2.75, 3.05) is 5.32 Å². The van der Waals surface area contributed by atoms with E-state index in [2.05, 4.69) is 21.1 Å². The molecular weight excluding hydrogens is 477 g/mol. The monoisotopic (exact) mass is 492 g/mol. The third kappa shape index (κ3) is 5.93. The Balaban J connectivity index is 1.85. The maximum Gasteiger partial charge on any atom is 0.437 e. The summed E-state index contributed by atoms with van der Waals surface area (Å²) in [5, 5.41) is 16.5. The Bertz CT molecular complexity index is 1070. The summed E-state index contributed by atoms with van der Waals surface area (Å²) in [5.41, 5.74) is -0.530. The van der Waals surface area contributed by atoms with Crippen LogP contribution in [0.25, 0.3) is 0 Å². The number of amides is 1. The van der Waals surface area contributed by atoms with Crippen molar-refractivity contribution < 1.29 is 27.9 Å². The van der Waals surface area contributed by atoms with Crippen LogP contribution in [-0.2, 0) is 11.0 Å². The van der Waals surface area contributed by atoms with E-state index in [4.69, 9.17) is 4.84 Å². The summed E-state index contributed by atoms with van der Waals surface area (Å²) in [6, 6.07) is 20.3. The van der Waals surface area contributed by atoms with E-state index in [1.807, 2.05) is 5.32 Å². The third-order valence-corrected chi connectivity index (χ3v) is 4.69. The predicted molar refractivity (Wildman–Crippen MR) is 114 cm³/mol. The van der Waals surface area contributed by atoms with Gasteiger partial charge in [0.05, 0.1) is 11.3 Å². The van der Waals surface area contributed by atoms with Crippen molar-refractivity contribution in [3.63, 3.8) is 0 Å². The number of halogens is 4. The van der Waals surface area contributed by atoms with Gasteiger partial charge in [0.15, 0.2) is 0 Å². The highest BCUT2D eigenvalue weighted by atomic mass is 79.9. The average Bonchev–Trinajstić information content (AvgIpc) is 2.75. The van der Waals surface area contributed by atoms with Gasteiger partial charge in [0, 0.05) is 10.0 Å². The molecule has 0 bridgehead atoms. The molecule has 3 aromatic carbocycles. The third-order valence-electron chi connectivity index (χ3n) is 4.19. The number of carbonyl (C=O) groups is 1. The first-order valence-electron chi connectivity index (χ1n) is 8.97. The van der Waals surface area contributed by atoms with E-state index in [-0.39, 0.29) is 10.2 Å². The van der Waals surface area contributed by atoms with Crippen molar-refractivity contribution >= 4 is 33.4 Å². The summed E-state index contributed by atoms with van der Waals surface area (Å²) >= 11 is 2.98. The molecule has 0 aromatic heterocycles. The van der Waals surface area contributed by atoms with Crippen molar-refractivity contribution in [1.82, 2.24) is 0 Å². The van der Waals surface area contributed by atoms with E-state index in [1.54, 1.807) is 60.7 Å². The number of nitrogens with zero attached hydrogens (tertiary/aromatic N) is 1.